The van der Waals surface area contributed by atoms with Crippen LogP contribution < -0.4 is 9.92 Å². The molecule has 2 aliphatic rings. The summed E-state index contributed by atoms with van der Waals surface area (Å²) in [6.07, 6.45) is 0.900. The van der Waals surface area contributed by atoms with Crippen molar-refractivity contribution in [1.82, 2.24) is 0 Å². The average Bonchev–Trinajstić information content (AvgIpc) is 2.92. The van der Waals surface area contributed by atoms with Crippen molar-refractivity contribution in [3.63, 3.8) is 0 Å². The first-order chi connectivity index (χ1) is 9.23. The fourth-order valence-electron chi connectivity index (χ4n) is 2.96. The molecule has 3 nitrogen and oxygen atoms in total. The zero-order chi connectivity index (χ0) is 14.7. The molecule has 1 aromatic carbocycles. The minimum absolute atomic E-state index is 0.172. The summed E-state index contributed by atoms with van der Waals surface area (Å²) in [5.41, 5.74) is 3.04. The van der Waals surface area contributed by atoms with Crippen LogP contribution in [0.25, 0.3) is 0 Å². The minimum atomic E-state index is -1.78. The van der Waals surface area contributed by atoms with E-state index in [1.54, 1.807) is 0 Å². The van der Waals surface area contributed by atoms with Crippen LogP contribution in [0.15, 0.2) is 6.07 Å². The number of cyclic esters (lactones) is 1. The molecule has 0 N–H and O–H groups in total. The molecule has 1 aromatic rings. The van der Waals surface area contributed by atoms with Crippen LogP contribution >= 0.6 is 0 Å². The second-order valence-corrected chi connectivity index (χ2v) is 12.6. The topological polar surface area (TPSA) is 35.5 Å². The lowest BCUT2D eigenvalue weighted by Crippen LogP contribution is -2.51. The molecule has 2 heterocycles. The summed E-state index contributed by atoms with van der Waals surface area (Å²) in [5, 5.41) is 1.51. The fourth-order valence-corrected chi connectivity index (χ4v) is 5.47. The molecule has 0 aromatic heterocycles. The maximum atomic E-state index is 11.9. The Labute approximate surface area is 121 Å². The lowest BCUT2D eigenvalue weighted by atomic mass is 10.0. The Morgan fingerprint density at radius 3 is 2.55 bits per heavy atom. The van der Waals surface area contributed by atoms with E-state index in [1.807, 2.05) is 6.07 Å². The third-order valence-corrected chi connectivity index (χ3v) is 10.7. The number of hydrogen-bond donors (Lipinski definition) is 0. The summed E-state index contributed by atoms with van der Waals surface area (Å²) >= 11 is 0. The van der Waals surface area contributed by atoms with Gasteiger partial charge in [-0.1, -0.05) is 33.9 Å². The van der Waals surface area contributed by atoms with Crippen molar-refractivity contribution in [2.24, 2.45) is 0 Å². The highest BCUT2D eigenvalue weighted by molar-refractivity contribution is 6.93. The van der Waals surface area contributed by atoms with Crippen molar-refractivity contribution in [3.05, 3.63) is 22.8 Å². The number of ether oxygens (including phenoxy) is 2. The van der Waals surface area contributed by atoms with Crippen molar-refractivity contribution in [3.8, 4) is 5.75 Å². The van der Waals surface area contributed by atoms with E-state index in [4.69, 9.17) is 9.47 Å². The number of esters is 1. The molecule has 0 spiro atoms. The Hall–Kier alpha value is -1.29. The molecule has 4 heteroatoms. The normalized spacial score (nSPS) is 17.6. The zero-order valence-corrected chi connectivity index (χ0v) is 13.9. The second-order valence-electron chi connectivity index (χ2n) is 7.32. The fraction of sp³-hybridized carbons (Fsp3) is 0.562. The molecule has 0 atom stereocenters. The molecule has 108 valence electrons. The number of carbonyl (C=O) groups is 1. The van der Waals surface area contributed by atoms with Gasteiger partial charge in [-0.25, -0.2) is 4.79 Å². The molecule has 0 amide bonds. The summed E-state index contributed by atoms with van der Waals surface area (Å²) in [6, 6.07) is 1.99. The zero-order valence-electron chi connectivity index (χ0n) is 12.9. The van der Waals surface area contributed by atoms with Gasteiger partial charge in [0.1, 0.15) is 12.4 Å². The van der Waals surface area contributed by atoms with E-state index in [-0.39, 0.29) is 11.0 Å². The van der Waals surface area contributed by atoms with Gasteiger partial charge < -0.3 is 9.47 Å². The van der Waals surface area contributed by atoms with Gasteiger partial charge in [0, 0.05) is 12.0 Å². The van der Waals surface area contributed by atoms with Crippen LogP contribution in [0.4, 0.5) is 0 Å². The van der Waals surface area contributed by atoms with Crippen molar-refractivity contribution < 1.29 is 14.3 Å². The van der Waals surface area contributed by atoms with Gasteiger partial charge in [0.25, 0.3) is 0 Å². The van der Waals surface area contributed by atoms with E-state index < -0.39 is 8.07 Å². The molecule has 0 saturated heterocycles. The summed E-state index contributed by atoms with van der Waals surface area (Å²) in [6.45, 7) is 12.7. The van der Waals surface area contributed by atoms with Crippen LogP contribution in [0.2, 0.25) is 18.1 Å². The van der Waals surface area contributed by atoms with E-state index in [1.165, 1.54) is 10.8 Å². The lowest BCUT2D eigenvalue weighted by Gasteiger charge is -2.39. The number of benzene rings is 1. The van der Waals surface area contributed by atoms with Gasteiger partial charge in [0.2, 0.25) is 0 Å². The minimum Gasteiger partial charge on any atom is -0.493 e. The van der Waals surface area contributed by atoms with Crippen LogP contribution in [0.5, 0.6) is 5.75 Å². The highest BCUT2D eigenvalue weighted by Crippen LogP contribution is 2.41. The molecular weight excluding hydrogens is 268 g/mol. The molecule has 0 fully saturated rings. The second kappa shape index (κ2) is 4.10. The van der Waals surface area contributed by atoms with E-state index >= 15 is 0 Å². The van der Waals surface area contributed by atoms with Crippen LogP contribution in [0.1, 0.15) is 42.3 Å². The quantitative estimate of drug-likeness (QED) is 0.589. The maximum Gasteiger partial charge on any atom is 0.338 e. The Kier molecular flexibility index (Phi) is 2.81. The molecule has 0 unspecified atom stereocenters. The van der Waals surface area contributed by atoms with E-state index in [9.17, 15) is 4.79 Å². The molecule has 20 heavy (non-hydrogen) atoms. The predicted octanol–water partition coefficient (Wildman–Crippen LogP) is 3.01. The highest BCUT2D eigenvalue weighted by Gasteiger charge is 2.44. The third kappa shape index (κ3) is 1.74. The van der Waals surface area contributed by atoms with Gasteiger partial charge in [-0.05, 0) is 21.9 Å². The Bertz CT molecular complexity index is 597. The molecule has 3 rings (SSSR count). The van der Waals surface area contributed by atoms with E-state index in [0.717, 1.165) is 29.9 Å². The van der Waals surface area contributed by atoms with Crippen LogP contribution in [-0.4, -0.2) is 20.7 Å². The van der Waals surface area contributed by atoms with Gasteiger partial charge in [-0.15, -0.1) is 0 Å². The SMILES string of the molecule is CC(C)(C)[Si](C)(C)c1c2c(cc3c1OCC3)C(=O)OC2. The van der Waals surface area contributed by atoms with Crippen LogP contribution in [0.3, 0.4) is 0 Å². The maximum absolute atomic E-state index is 11.9. The molecular formula is C16H22O3Si. The Balaban J connectivity index is 2.31. The molecule has 0 radical (unpaired) electrons. The molecule has 0 aliphatic carbocycles. The number of carbonyl (C=O) groups excluding carboxylic acids is 1. The largest absolute Gasteiger partial charge is 0.493 e. The first-order valence-electron chi connectivity index (χ1n) is 7.22. The summed E-state index contributed by atoms with van der Waals surface area (Å²) in [4.78, 5) is 11.9. The van der Waals surface area contributed by atoms with E-state index in [0.29, 0.717) is 6.61 Å². The summed E-state index contributed by atoms with van der Waals surface area (Å²) in [5.74, 6) is 0.878. The van der Waals surface area contributed by atoms with Gasteiger partial charge in [0.15, 0.2) is 0 Å². The van der Waals surface area contributed by atoms with Gasteiger partial charge >= 0.3 is 5.97 Å². The third-order valence-electron chi connectivity index (χ3n) is 5.15. The number of fused-ring (bicyclic) bond motifs is 2. The number of rotatable bonds is 1. The highest BCUT2D eigenvalue weighted by atomic mass is 28.3. The molecule has 0 saturated carbocycles. The molecule has 2 aliphatic heterocycles. The Morgan fingerprint density at radius 1 is 1.20 bits per heavy atom. The monoisotopic (exact) mass is 290 g/mol. The van der Waals surface area contributed by atoms with Crippen molar-refractivity contribution in [2.45, 2.75) is 51.9 Å². The van der Waals surface area contributed by atoms with Crippen molar-refractivity contribution in [1.29, 1.82) is 0 Å². The lowest BCUT2D eigenvalue weighted by molar-refractivity contribution is 0.0535. The van der Waals surface area contributed by atoms with E-state index in [2.05, 4.69) is 33.9 Å². The van der Waals surface area contributed by atoms with Gasteiger partial charge in [0.05, 0.1) is 20.2 Å². The van der Waals surface area contributed by atoms with Crippen molar-refractivity contribution in [2.75, 3.05) is 6.61 Å². The van der Waals surface area contributed by atoms with Crippen LogP contribution in [0, 0.1) is 0 Å². The first-order valence-corrected chi connectivity index (χ1v) is 10.2. The number of hydrogen-bond acceptors (Lipinski definition) is 3. The molecule has 0 bridgehead atoms. The predicted molar refractivity (Wildman–Crippen MR) is 81.6 cm³/mol. The Morgan fingerprint density at radius 2 is 1.90 bits per heavy atom. The first kappa shape index (κ1) is 13.7. The van der Waals surface area contributed by atoms with Gasteiger partial charge in [-0.2, -0.15) is 0 Å². The smallest absolute Gasteiger partial charge is 0.338 e. The summed E-state index contributed by atoms with van der Waals surface area (Å²) < 4.78 is 11.2. The van der Waals surface area contributed by atoms with Crippen molar-refractivity contribution >= 4 is 19.2 Å². The average molecular weight is 290 g/mol. The summed E-state index contributed by atoms with van der Waals surface area (Å²) in [7, 11) is -1.78. The van der Waals surface area contributed by atoms with Crippen LogP contribution in [-0.2, 0) is 17.8 Å². The van der Waals surface area contributed by atoms with Gasteiger partial charge in [-0.3, -0.25) is 0 Å². The standard InChI is InChI=1S/C16H22O3Si/c1-16(2,3)20(4,5)14-12-9-19-15(17)11(12)8-10-6-7-18-13(10)14/h8H,6-7,9H2,1-5H3.